The van der Waals surface area contributed by atoms with Crippen LogP contribution in [0.4, 0.5) is 5.69 Å². The molecule has 1 atom stereocenters. The summed E-state index contributed by atoms with van der Waals surface area (Å²) in [6, 6.07) is 20.6. The first-order valence-electron chi connectivity index (χ1n) is 7.69. The Balaban J connectivity index is 1.70. The van der Waals surface area contributed by atoms with Crippen LogP contribution in [0, 0.1) is 0 Å². The van der Waals surface area contributed by atoms with Crippen molar-refractivity contribution in [3.63, 3.8) is 0 Å². The monoisotopic (exact) mass is 301 g/mol. The van der Waals surface area contributed by atoms with Gasteiger partial charge in [0.05, 0.1) is 11.3 Å². The van der Waals surface area contributed by atoms with Crippen LogP contribution in [0.25, 0.3) is 16.8 Å². The normalized spacial score (nSPS) is 21.3. The SMILES string of the molecule is CN1OC2(C=Cc3c(ccc4ccccc34)O2)c2ccccc21. The fourth-order valence-electron chi connectivity index (χ4n) is 3.47. The van der Waals surface area contributed by atoms with Gasteiger partial charge in [-0.15, -0.1) is 0 Å². The maximum Gasteiger partial charge on any atom is 0.281 e. The molecule has 1 spiro atoms. The lowest BCUT2D eigenvalue weighted by Gasteiger charge is -2.31. The van der Waals surface area contributed by atoms with Gasteiger partial charge in [0.2, 0.25) is 0 Å². The van der Waals surface area contributed by atoms with E-state index < -0.39 is 5.79 Å². The molecular formula is C20H15NO2. The second kappa shape index (κ2) is 4.37. The van der Waals surface area contributed by atoms with Gasteiger partial charge >= 0.3 is 0 Å². The molecule has 0 aliphatic carbocycles. The zero-order valence-electron chi connectivity index (χ0n) is 12.7. The van der Waals surface area contributed by atoms with Crippen molar-refractivity contribution in [3.8, 4) is 5.75 Å². The van der Waals surface area contributed by atoms with Gasteiger partial charge in [-0.05, 0) is 41.1 Å². The second-order valence-corrected chi connectivity index (χ2v) is 5.91. The number of fused-ring (bicyclic) bond motifs is 5. The number of benzene rings is 3. The smallest absolute Gasteiger partial charge is 0.281 e. The molecule has 0 saturated heterocycles. The molecule has 3 aromatic carbocycles. The molecule has 2 heterocycles. The summed E-state index contributed by atoms with van der Waals surface area (Å²) in [5, 5.41) is 4.17. The Morgan fingerprint density at radius 1 is 0.913 bits per heavy atom. The summed E-state index contributed by atoms with van der Waals surface area (Å²) in [7, 11) is 1.90. The molecule has 23 heavy (non-hydrogen) atoms. The van der Waals surface area contributed by atoms with E-state index in [1.54, 1.807) is 5.06 Å². The van der Waals surface area contributed by atoms with Gasteiger partial charge in [0.1, 0.15) is 5.75 Å². The van der Waals surface area contributed by atoms with Crippen LogP contribution in [-0.2, 0) is 10.6 Å². The van der Waals surface area contributed by atoms with Crippen LogP contribution in [0.1, 0.15) is 11.1 Å². The van der Waals surface area contributed by atoms with Gasteiger partial charge in [0.25, 0.3) is 5.79 Å². The second-order valence-electron chi connectivity index (χ2n) is 5.91. The summed E-state index contributed by atoms with van der Waals surface area (Å²) in [5.41, 5.74) is 3.16. The van der Waals surface area contributed by atoms with Crippen molar-refractivity contribution >= 4 is 22.5 Å². The van der Waals surface area contributed by atoms with Crippen molar-refractivity contribution in [1.29, 1.82) is 0 Å². The molecule has 2 aliphatic heterocycles. The molecule has 3 heteroatoms. The van der Waals surface area contributed by atoms with E-state index in [1.165, 1.54) is 10.8 Å². The summed E-state index contributed by atoms with van der Waals surface area (Å²) in [4.78, 5) is 6.05. The maximum atomic E-state index is 6.33. The molecule has 3 aromatic rings. The highest BCUT2D eigenvalue weighted by atomic mass is 16.8. The summed E-state index contributed by atoms with van der Waals surface area (Å²) >= 11 is 0. The first-order chi connectivity index (χ1) is 11.3. The number of hydrogen-bond donors (Lipinski definition) is 0. The number of rotatable bonds is 0. The molecule has 0 radical (unpaired) electrons. The van der Waals surface area contributed by atoms with E-state index in [4.69, 9.17) is 9.57 Å². The van der Waals surface area contributed by atoms with Crippen molar-refractivity contribution in [2.75, 3.05) is 12.1 Å². The summed E-state index contributed by atoms with van der Waals surface area (Å²) in [6.45, 7) is 0. The van der Waals surface area contributed by atoms with E-state index in [0.29, 0.717) is 0 Å². The number of anilines is 1. The molecule has 3 nitrogen and oxygen atoms in total. The summed E-state index contributed by atoms with van der Waals surface area (Å²) in [6.07, 6.45) is 4.11. The van der Waals surface area contributed by atoms with E-state index >= 15 is 0 Å². The fraction of sp³-hybridized carbons (Fsp3) is 0.100. The van der Waals surface area contributed by atoms with Gasteiger partial charge in [0.15, 0.2) is 0 Å². The molecule has 1 unspecified atom stereocenters. The van der Waals surface area contributed by atoms with Crippen molar-refractivity contribution in [2.24, 2.45) is 0 Å². The van der Waals surface area contributed by atoms with Crippen LogP contribution in [-0.4, -0.2) is 7.05 Å². The average Bonchev–Trinajstić information content (AvgIpc) is 2.87. The molecule has 0 saturated carbocycles. The van der Waals surface area contributed by atoms with Crippen LogP contribution < -0.4 is 9.80 Å². The van der Waals surface area contributed by atoms with Crippen LogP contribution in [0.15, 0.2) is 66.7 Å². The van der Waals surface area contributed by atoms with E-state index in [1.807, 2.05) is 37.4 Å². The molecule has 0 N–H and O–H groups in total. The molecule has 0 fully saturated rings. The standard InChI is InChI=1S/C20H15NO2/c1-21-18-9-5-4-8-17(18)20(23-21)13-12-16-15-7-3-2-6-14(15)10-11-19(16)22-20/h2-13H,1H3. The Morgan fingerprint density at radius 2 is 1.74 bits per heavy atom. The fourth-order valence-corrected chi connectivity index (χ4v) is 3.47. The Hall–Kier alpha value is -2.78. The predicted octanol–water partition coefficient (Wildman–Crippen LogP) is 4.48. The minimum atomic E-state index is -0.874. The average molecular weight is 301 g/mol. The summed E-state index contributed by atoms with van der Waals surface area (Å²) in [5.74, 6) is -0.0304. The number of para-hydroxylation sites is 1. The molecule has 112 valence electrons. The number of hydrogen-bond acceptors (Lipinski definition) is 3. The van der Waals surface area contributed by atoms with Crippen LogP contribution in [0.5, 0.6) is 5.75 Å². The van der Waals surface area contributed by atoms with E-state index in [-0.39, 0.29) is 0 Å². The third-order valence-corrected chi connectivity index (χ3v) is 4.55. The predicted molar refractivity (Wildman–Crippen MR) is 91.2 cm³/mol. The summed E-state index contributed by atoms with van der Waals surface area (Å²) < 4.78 is 6.33. The highest BCUT2D eigenvalue weighted by Gasteiger charge is 2.45. The highest BCUT2D eigenvalue weighted by molar-refractivity contribution is 5.93. The third-order valence-electron chi connectivity index (χ3n) is 4.55. The van der Waals surface area contributed by atoms with Gasteiger partial charge in [0, 0.05) is 12.6 Å². The number of hydroxylamine groups is 1. The topological polar surface area (TPSA) is 21.7 Å². The minimum absolute atomic E-state index is 0.844. The van der Waals surface area contributed by atoms with Gasteiger partial charge in [-0.3, -0.25) is 5.06 Å². The Morgan fingerprint density at radius 3 is 2.70 bits per heavy atom. The molecular weight excluding hydrogens is 286 g/mol. The number of nitrogens with zero attached hydrogens (tertiary/aromatic N) is 1. The maximum absolute atomic E-state index is 6.33. The van der Waals surface area contributed by atoms with Gasteiger partial charge in [-0.25, -0.2) is 4.84 Å². The van der Waals surface area contributed by atoms with Crippen LogP contribution in [0.3, 0.4) is 0 Å². The van der Waals surface area contributed by atoms with Crippen LogP contribution >= 0.6 is 0 Å². The third kappa shape index (κ3) is 1.68. The van der Waals surface area contributed by atoms with Crippen molar-refractivity contribution in [1.82, 2.24) is 0 Å². The van der Waals surface area contributed by atoms with E-state index in [2.05, 4.69) is 42.5 Å². The van der Waals surface area contributed by atoms with Gasteiger partial charge in [-0.1, -0.05) is 42.5 Å². The zero-order chi connectivity index (χ0) is 15.4. The lowest BCUT2D eigenvalue weighted by molar-refractivity contribution is -0.145. The van der Waals surface area contributed by atoms with E-state index in [9.17, 15) is 0 Å². The molecule has 0 bridgehead atoms. The van der Waals surface area contributed by atoms with Crippen LogP contribution in [0.2, 0.25) is 0 Å². The molecule has 2 aliphatic rings. The Labute approximate surface area is 134 Å². The van der Waals surface area contributed by atoms with Gasteiger partial charge in [-0.2, -0.15) is 0 Å². The lowest BCUT2D eigenvalue weighted by Crippen LogP contribution is -2.35. The minimum Gasteiger partial charge on any atom is -0.452 e. The molecule has 0 aromatic heterocycles. The lowest BCUT2D eigenvalue weighted by atomic mass is 9.97. The van der Waals surface area contributed by atoms with Crippen molar-refractivity contribution in [2.45, 2.75) is 5.79 Å². The molecule has 0 amide bonds. The largest absolute Gasteiger partial charge is 0.452 e. The number of ether oxygens (including phenoxy) is 1. The first kappa shape index (κ1) is 12.7. The van der Waals surface area contributed by atoms with Crippen molar-refractivity contribution < 1.29 is 9.57 Å². The van der Waals surface area contributed by atoms with Gasteiger partial charge < -0.3 is 4.74 Å². The quantitative estimate of drug-likeness (QED) is 0.611. The first-order valence-corrected chi connectivity index (χ1v) is 7.69. The zero-order valence-corrected chi connectivity index (χ0v) is 12.7. The van der Waals surface area contributed by atoms with Crippen molar-refractivity contribution in [3.05, 3.63) is 77.9 Å². The van der Waals surface area contributed by atoms with E-state index in [0.717, 1.165) is 22.6 Å². The molecule has 5 rings (SSSR count). The highest BCUT2D eigenvalue weighted by Crippen LogP contribution is 2.47. The Bertz CT molecular complexity index is 963. The Kier molecular flexibility index (Phi) is 2.42.